The van der Waals surface area contributed by atoms with Crippen molar-refractivity contribution in [2.75, 3.05) is 5.75 Å². The molecule has 0 aliphatic carbocycles. The van der Waals surface area contributed by atoms with Crippen molar-refractivity contribution < 1.29 is 8.42 Å². The standard InChI is InChI=1S/C4H9ClO2S/c1-2-3-4-8(5,6)7/h2-4H2,1H3/i8+3. The van der Waals surface area contributed by atoms with Crippen molar-refractivity contribution in [3.05, 3.63) is 0 Å². The molecular weight excluding hydrogens is 150 g/mol. The van der Waals surface area contributed by atoms with Gasteiger partial charge in [0.2, 0.25) is 9.05 Å². The van der Waals surface area contributed by atoms with Crippen LogP contribution >= 0.6 is 10.7 Å². The highest BCUT2D eigenvalue weighted by Gasteiger charge is 2.01. The van der Waals surface area contributed by atoms with E-state index in [1.807, 2.05) is 6.92 Å². The smallest absolute Gasteiger partial charge is 0.212 e. The van der Waals surface area contributed by atoms with Gasteiger partial charge >= 0.3 is 0 Å². The first kappa shape index (κ1) is 8.24. The van der Waals surface area contributed by atoms with Gasteiger partial charge in [0.15, 0.2) is 0 Å². The number of halogens is 1. The van der Waals surface area contributed by atoms with Gasteiger partial charge in [0.05, 0.1) is 5.75 Å². The van der Waals surface area contributed by atoms with Crippen LogP contribution in [-0.4, -0.2) is 14.2 Å². The number of unbranched alkanes of at least 4 members (excludes halogenated alkanes) is 1. The third-order valence-corrected chi connectivity index (χ3v) is 1.98. The van der Waals surface area contributed by atoms with E-state index in [2.05, 4.69) is 0 Å². The molecule has 50 valence electrons. The summed E-state index contributed by atoms with van der Waals surface area (Å²) in [6, 6.07) is 0. The molecule has 0 saturated carbocycles. The molecule has 0 atom stereocenters. The van der Waals surface area contributed by atoms with Gasteiger partial charge in [0.25, 0.3) is 0 Å². The van der Waals surface area contributed by atoms with Gasteiger partial charge in [-0.15, -0.1) is 0 Å². The second-order valence-electron chi connectivity index (χ2n) is 1.60. The zero-order valence-corrected chi connectivity index (χ0v) is 6.30. The molecule has 2 nitrogen and oxygen atoms in total. The molecule has 0 aromatic carbocycles. The third-order valence-electron chi connectivity index (χ3n) is 0.742. The topological polar surface area (TPSA) is 34.1 Å². The molecule has 0 aromatic heterocycles. The molecule has 0 bridgehead atoms. The first-order valence-corrected chi connectivity index (χ1v) is 4.96. The Labute approximate surface area is 54.3 Å². The van der Waals surface area contributed by atoms with Gasteiger partial charge in [-0.05, 0) is 6.42 Å². The normalized spacial score (nSPS) is 11.8. The molecule has 0 unspecified atom stereocenters. The van der Waals surface area contributed by atoms with E-state index >= 15 is 0 Å². The largest absolute Gasteiger partial charge is 0.232 e. The Morgan fingerprint density at radius 3 is 2.12 bits per heavy atom. The maximum atomic E-state index is 10.2. The predicted octanol–water partition coefficient (Wildman–Crippen LogP) is 1.36. The van der Waals surface area contributed by atoms with E-state index in [1.54, 1.807) is 0 Å². The molecule has 0 heterocycles. The van der Waals surface area contributed by atoms with Gasteiger partial charge in [-0.1, -0.05) is 13.3 Å². The summed E-state index contributed by atoms with van der Waals surface area (Å²) in [5.74, 6) is 0.102. The number of hydrogen-bond acceptors (Lipinski definition) is 2. The third kappa shape index (κ3) is 6.24. The average Bonchev–Trinajstić information content (AvgIpc) is 1.59. The van der Waals surface area contributed by atoms with E-state index in [0.717, 1.165) is 6.42 Å². The van der Waals surface area contributed by atoms with E-state index in [4.69, 9.17) is 10.7 Å². The van der Waals surface area contributed by atoms with E-state index < -0.39 is 9.05 Å². The van der Waals surface area contributed by atoms with Crippen molar-refractivity contribution in [1.29, 1.82) is 0 Å². The van der Waals surface area contributed by atoms with E-state index in [1.165, 1.54) is 0 Å². The Bertz CT molecular complexity index is 138. The van der Waals surface area contributed by atoms with Crippen LogP contribution in [0.3, 0.4) is 0 Å². The molecule has 0 amide bonds. The second-order valence-corrected chi connectivity index (χ2v) is 4.49. The lowest BCUT2D eigenvalue weighted by molar-refractivity contribution is 0.606. The highest BCUT2D eigenvalue weighted by atomic mass is 36.3. The number of rotatable bonds is 3. The molecule has 0 aliphatic rings. The average molecular weight is 160 g/mol. The fourth-order valence-corrected chi connectivity index (χ4v) is 1.28. The Kier molecular flexibility index (Phi) is 3.40. The van der Waals surface area contributed by atoms with E-state index in [-0.39, 0.29) is 5.75 Å². The summed E-state index contributed by atoms with van der Waals surface area (Å²) in [7, 11) is 1.67. The molecule has 0 aliphatic heterocycles. The fourth-order valence-electron chi connectivity index (χ4n) is 0.317. The van der Waals surface area contributed by atoms with Gasteiger partial charge in [0, 0.05) is 10.7 Å². The Morgan fingerprint density at radius 2 is 2.00 bits per heavy atom. The summed E-state index contributed by atoms with van der Waals surface area (Å²) >= 11 is 0. The maximum absolute atomic E-state index is 10.2. The lowest BCUT2D eigenvalue weighted by atomic mass is 10.4. The monoisotopic (exact) mass is 159 g/mol. The molecule has 0 rings (SSSR count). The lowest BCUT2D eigenvalue weighted by Gasteiger charge is -1.88. The van der Waals surface area contributed by atoms with Crippen molar-refractivity contribution in [2.45, 2.75) is 19.8 Å². The van der Waals surface area contributed by atoms with Gasteiger partial charge < -0.3 is 0 Å². The van der Waals surface area contributed by atoms with Crippen LogP contribution in [-0.2, 0) is 9.05 Å². The summed E-state index contributed by atoms with van der Waals surface area (Å²) in [6.07, 6.45) is 1.53. The van der Waals surface area contributed by atoms with Crippen LogP contribution in [0.5, 0.6) is 0 Å². The highest BCUT2D eigenvalue weighted by Crippen LogP contribution is 1.99. The summed E-state index contributed by atoms with van der Waals surface area (Å²) < 4.78 is 20.3. The van der Waals surface area contributed by atoms with Crippen molar-refractivity contribution in [3.63, 3.8) is 0 Å². The Balaban J connectivity index is 3.42. The minimum atomic E-state index is -3.21. The van der Waals surface area contributed by atoms with Crippen molar-refractivity contribution in [1.82, 2.24) is 0 Å². The fraction of sp³-hybridized carbons (Fsp3) is 1.00. The zero-order valence-electron chi connectivity index (χ0n) is 4.72. The predicted molar refractivity (Wildman–Crippen MR) is 34.5 cm³/mol. The molecule has 8 heavy (non-hydrogen) atoms. The van der Waals surface area contributed by atoms with Crippen molar-refractivity contribution in [3.8, 4) is 0 Å². The summed E-state index contributed by atoms with van der Waals surface area (Å²) in [5.41, 5.74) is 0. The van der Waals surface area contributed by atoms with Crippen molar-refractivity contribution >= 4 is 19.7 Å². The summed E-state index contributed by atoms with van der Waals surface area (Å²) in [4.78, 5) is 0. The van der Waals surface area contributed by atoms with Gasteiger partial charge in [-0.3, -0.25) is 0 Å². The summed E-state index contributed by atoms with van der Waals surface area (Å²) in [5, 5.41) is 0. The van der Waals surface area contributed by atoms with Crippen LogP contribution in [0.4, 0.5) is 0 Å². The maximum Gasteiger partial charge on any atom is 0.232 e. The first-order chi connectivity index (χ1) is 3.56. The zero-order chi connectivity index (χ0) is 6.62. The quantitative estimate of drug-likeness (QED) is 0.583. The SMILES string of the molecule is CCCC[35S](=O)(=O)Cl. The second kappa shape index (κ2) is 3.30. The highest BCUT2D eigenvalue weighted by molar-refractivity contribution is 8.13. The number of hydrogen-bond donors (Lipinski definition) is 0. The molecule has 0 aromatic rings. The van der Waals surface area contributed by atoms with Crippen LogP contribution < -0.4 is 0 Å². The van der Waals surface area contributed by atoms with Crippen LogP contribution in [0, 0.1) is 0 Å². The molecular formula is C4H9ClO2S. The first-order valence-electron chi connectivity index (χ1n) is 2.48. The van der Waals surface area contributed by atoms with Gasteiger partial charge in [0.1, 0.15) is 0 Å². The van der Waals surface area contributed by atoms with E-state index in [0.29, 0.717) is 6.42 Å². The van der Waals surface area contributed by atoms with E-state index in [9.17, 15) is 8.42 Å². The minimum Gasteiger partial charge on any atom is -0.212 e. The molecule has 0 radical (unpaired) electrons. The van der Waals surface area contributed by atoms with Crippen LogP contribution in [0.2, 0.25) is 0 Å². The Hall–Kier alpha value is 0.240. The van der Waals surface area contributed by atoms with Crippen LogP contribution in [0.1, 0.15) is 19.8 Å². The molecule has 0 N–H and O–H groups in total. The minimum absolute atomic E-state index is 0.102. The van der Waals surface area contributed by atoms with Crippen molar-refractivity contribution in [2.24, 2.45) is 0 Å². The van der Waals surface area contributed by atoms with Crippen LogP contribution in [0.25, 0.3) is 0 Å². The summed E-state index contributed by atoms with van der Waals surface area (Å²) in [6.45, 7) is 1.92. The molecule has 4 heteroatoms. The molecule has 0 saturated heterocycles. The Morgan fingerprint density at radius 1 is 1.50 bits per heavy atom. The van der Waals surface area contributed by atoms with Gasteiger partial charge in [-0.25, -0.2) is 8.42 Å². The lowest BCUT2D eigenvalue weighted by Crippen LogP contribution is -1.94. The van der Waals surface area contributed by atoms with Gasteiger partial charge in [-0.2, -0.15) is 0 Å². The molecule has 0 spiro atoms. The molecule has 0 fully saturated rings. The van der Waals surface area contributed by atoms with Crippen LogP contribution in [0.15, 0.2) is 0 Å².